The Hall–Kier alpha value is -3.72. The van der Waals surface area contributed by atoms with Crippen LogP contribution < -0.4 is 5.32 Å². The highest BCUT2D eigenvalue weighted by atomic mass is 15.2. The molecule has 1 unspecified atom stereocenters. The Morgan fingerprint density at radius 3 is 2.85 bits per heavy atom. The molecule has 0 saturated carbocycles. The number of nitrogens with zero attached hydrogens (tertiary/aromatic N) is 5. The Balaban J connectivity index is 1.64. The maximum atomic E-state index is 9.04. The Morgan fingerprint density at radius 2 is 2.04 bits per heavy atom. The van der Waals surface area contributed by atoms with Crippen LogP contribution in [0.3, 0.4) is 0 Å². The molecule has 1 atom stereocenters. The molecule has 4 rings (SSSR count). The smallest absolute Gasteiger partial charge is 0.159 e. The van der Waals surface area contributed by atoms with Crippen molar-refractivity contribution in [3.8, 4) is 11.9 Å². The maximum Gasteiger partial charge on any atom is 0.159 e. The third-order valence-electron chi connectivity index (χ3n) is 4.45. The van der Waals surface area contributed by atoms with Crippen LogP contribution in [0.1, 0.15) is 29.7 Å². The molecule has 0 aliphatic rings. The third-order valence-corrected chi connectivity index (χ3v) is 4.45. The fraction of sp³-hybridized carbons (Fsp3) is 0.143. The van der Waals surface area contributed by atoms with E-state index in [4.69, 9.17) is 5.26 Å². The summed E-state index contributed by atoms with van der Waals surface area (Å²) in [6.45, 7) is 4.18. The lowest BCUT2D eigenvalue weighted by Gasteiger charge is -2.16. The summed E-state index contributed by atoms with van der Waals surface area (Å²) in [5, 5.41) is 12.4. The number of rotatable bonds is 4. The van der Waals surface area contributed by atoms with E-state index in [0.29, 0.717) is 17.2 Å². The SMILES string of the molecule is Cc1cccc(C(C)Nc2cncc(-n3cnc4cc(C#N)ccc43)n2)c1. The summed E-state index contributed by atoms with van der Waals surface area (Å²) >= 11 is 0. The van der Waals surface area contributed by atoms with Gasteiger partial charge in [0, 0.05) is 0 Å². The first-order valence-corrected chi connectivity index (χ1v) is 8.67. The van der Waals surface area contributed by atoms with Crippen LogP contribution in [0.25, 0.3) is 16.9 Å². The van der Waals surface area contributed by atoms with E-state index in [0.717, 1.165) is 11.0 Å². The van der Waals surface area contributed by atoms with Crippen molar-refractivity contribution in [3.63, 3.8) is 0 Å². The summed E-state index contributed by atoms with van der Waals surface area (Å²) in [6.07, 6.45) is 5.11. The minimum atomic E-state index is 0.104. The lowest BCUT2D eigenvalue weighted by molar-refractivity contribution is 0.863. The van der Waals surface area contributed by atoms with Crippen molar-refractivity contribution in [2.24, 2.45) is 0 Å². The van der Waals surface area contributed by atoms with Crippen molar-refractivity contribution in [3.05, 3.63) is 77.9 Å². The van der Waals surface area contributed by atoms with E-state index in [1.807, 2.05) is 10.6 Å². The quantitative estimate of drug-likeness (QED) is 0.595. The van der Waals surface area contributed by atoms with Crippen LogP contribution in [-0.4, -0.2) is 19.5 Å². The molecular weight excluding hydrogens is 336 g/mol. The summed E-state index contributed by atoms with van der Waals surface area (Å²) in [6, 6.07) is 16.0. The summed E-state index contributed by atoms with van der Waals surface area (Å²) in [7, 11) is 0. The first-order valence-electron chi connectivity index (χ1n) is 8.67. The van der Waals surface area contributed by atoms with Gasteiger partial charge in [0.2, 0.25) is 0 Å². The highest BCUT2D eigenvalue weighted by Crippen LogP contribution is 2.21. The molecule has 2 aromatic heterocycles. The zero-order valence-corrected chi connectivity index (χ0v) is 15.1. The summed E-state index contributed by atoms with van der Waals surface area (Å²) in [5.74, 6) is 1.36. The summed E-state index contributed by atoms with van der Waals surface area (Å²) in [5.41, 5.74) is 4.64. The van der Waals surface area contributed by atoms with Gasteiger partial charge < -0.3 is 5.32 Å². The van der Waals surface area contributed by atoms with E-state index >= 15 is 0 Å². The average Bonchev–Trinajstić information content (AvgIpc) is 3.11. The second kappa shape index (κ2) is 6.89. The minimum absolute atomic E-state index is 0.104. The third kappa shape index (κ3) is 3.35. The Labute approximate surface area is 157 Å². The molecule has 0 aliphatic heterocycles. The minimum Gasteiger partial charge on any atom is -0.362 e. The molecule has 0 spiro atoms. The van der Waals surface area contributed by atoms with E-state index in [1.165, 1.54) is 11.1 Å². The van der Waals surface area contributed by atoms with Crippen LogP contribution in [0.4, 0.5) is 5.82 Å². The summed E-state index contributed by atoms with van der Waals surface area (Å²) in [4.78, 5) is 13.4. The Bertz CT molecular complexity index is 1150. The van der Waals surface area contributed by atoms with Crippen LogP contribution in [0.2, 0.25) is 0 Å². The predicted octanol–water partition coefficient (Wildman–Crippen LogP) is 4.17. The van der Waals surface area contributed by atoms with E-state index in [-0.39, 0.29) is 6.04 Å². The number of aryl methyl sites for hydroxylation is 1. The van der Waals surface area contributed by atoms with Crippen LogP contribution in [0, 0.1) is 18.3 Å². The van der Waals surface area contributed by atoms with Gasteiger partial charge in [0.1, 0.15) is 12.1 Å². The molecule has 0 amide bonds. The van der Waals surface area contributed by atoms with Crippen molar-refractivity contribution in [1.82, 2.24) is 19.5 Å². The van der Waals surface area contributed by atoms with Crippen LogP contribution >= 0.6 is 0 Å². The van der Waals surface area contributed by atoms with Crippen LogP contribution in [-0.2, 0) is 0 Å². The highest BCUT2D eigenvalue weighted by Gasteiger charge is 2.10. The topological polar surface area (TPSA) is 79.4 Å². The van der Waals surface area contributed by atoms with Crippen molar-refractivity contribution in [2.75, 3.05) is 5.32 Å². The lowest BCUT2D eigenvalue weighted by atomic mass is 10.1. The first kappa shape index (κ1) is 16.7. The molecule has 0 radical (unpaired) electrons. The van der Waals surface area contributed by atoms with Gasteiger partial charge in [-0.15, -0.1) is 0 Å². The number of benzene rings is 2. The van der Waals surface area contributed by atoms with Gasteiger partial charge in [-0.05, 0) is 37.6 Å². The zero-order valence-electron chi connectivity index (χ0n) is 15.1. The molecule has 0 fully saturated rings. The van der Waals surface area contributed by atoms with Gasteiger partial charge in [0.05, 0.1) is 41.1 Å². The number of imidazole rings is 1. The molecule has 6 nitrogen and oxygen atoms in total. The van der Waals surface area contributed by atoms with Gasteiger partial charge in [-0.1, -0.05) is 29.8 Å². The molecule has 0 saturated heterocycles. The van der Waals surface area contributed by atoms with Crippen LogP contribution in [0.15, 0.2) is 61.2 Å². The van der Waals surface area contributed by atoms with E-state index in [1.54, 1.807) is 30.9 Å². The number of fused-ring (bicyclic) bond motifs is 1. The van der Waals surface area contributed by atoms with Crippen molar-refractivity contribution >= 4 is 16.9 Å². The molecular formula is C21H18N6. The van der Waals surface area contributed by atoms with Gasteiger partial charge in [-0.25, -0.2) is 9.97 Å². The second-order valence-corrected chi connectivity index (χ2v) is 6.47. The summed E-state index contributed by atoms with van der Waals surface area (Å²) < 4.78 is 1.87. The number of nitriles is 1. The molecule has 27 heavy (non-hydrogen) atoms. The number of hydrogen-bond donors (Lipinski definition) is 1. The van der Waals surface area contributed by atoms with Gasteiger partial charge in [0.25, 0.3) is 0 Å². The van der Waals surface area contributed by atoms with Crippen molar-refractivity contribution in [2.45, 2.75) is 19.9 Å². The molecule has 0 bridgehead atoms. The van der Waals surface area contributed by atoms with E-state index < -0.39 is 0 Å². The van der Waals surface area contributed by atoms with Gasteiger partial charge in [-0.3, -0.25) is 9.55 Å². The molecule has 6 heteroatoms. The predicted molar refractivity (Wildman–Crippen MR) is 105 cm³/mol. The molecule has 2 heterocycles. The standard InChI is InChI=1S/C21H18N6/c1-14-4-3-5-17(8-14)15(2)25-20-11-23-12-21(26-20)27-13-24-18-9-16(10-22)6-7-19(18)27/h3-9,11-13,15H,1-2H3,(H,25,26). The number of hydrogen-bond acceptors (Lipinski definition) is 5. The number of aromatic nitrogens is 4. The largest absolute Gasteiger partial charge is 0.362 e. The average molecular weight is 354 g/mol. The van der Waals surface area contributed by atoms with Gasteiger partial charge >= 0.3 is 0 Å². The monoisotopic (exact) mass is 354 g/mol. The molecule has 2 aromatic carbocycles. The lowest BCUT2D eigenvalue weighted by Crippen LogP contribution is -2.09. The zero-order chi connectivity index (χ0) is 18.8. The van der Waals surface area contributed by atoms with Crippen LogP contribution in [0.5, 0.6) is 0 Å². The molecule has 4 aromatic rings. The molecule has 132 valence electrons. The second-order valence-electron chi connectivity index (χ2n) is 6.47. The van der Waals surface area contributed by atoms with E-state index in [2.05, 4.69) is 64.5 Å². The number of anilines is 1. The van der Waals surface area contributed by atoms with Gasteiger partial charge in [0.15, 0.2) is 5.82 Å². The Kier molecular flexibility index (Phi) is 4.27. The van der Waals surface area contributed by atoms with Crippen molar-refractivity contribution in [1.29, 1.82) is 5.26 Å². The molecule has 0 aliphatic carbocycles. The Morgan fingerprint density at radius 1 is 1.15 bits per heavy atom. The normalized spacial score (nSPS) is 11.9. The van der Waals surface area contributed by atoms with Gasteiger partial charge in [-0.2, -0.15) is 5.26 Å². The number of nitrogens with one attached hydrogen (secondary N) is 1. The fourth-order valence-electron chi connectivity index (χ4n) is 3.05. The highest BCUT2D eigenvalue weighted by molar-refractivity contribution is 5.78. The fourth-order valence-corrected chi connectivity index (χ4v) is 3.05. The van der Waals surface area contributed by atoms with E-state index in [9.17, 15) is 0 Å². The molecule has 1 N–H and O–H groups in total. The maximum absolute atomic E-state index is 9.04. The van der Waals surface area contributed by atoms with Crippen molar-refractivity contribution < 1.29 is 0 Å². The first-order chi connectivity index (χ1) is 13.1.